The second-order valence-electron chi connectivity index (χ2n) is 8.89. The molecule has 0 aromatic carbocycles. The predicted molar refractivity (Wildman–Crippen MR) is 117 cm³/mol. The molecule has 0 atom stereocenters. The van der Waals surface area contributed by atoms with E-state index in [0.29, 0.717) is 0 Å². The number of hydrogen-bond acceptors (Lipinski definition) is 4. The van der Waals surface area contributed by atoms with Crippen molar-refractivity contribution in [3.63, 3.8) is 0 Å². The first-order valence-electron chi connectivity index (χ1n) is 10.4. The Morgan fingerprint density at radius 1 is 0.500 bits per heavy atom. The van der Waals surface area contributed by atoms with Crippen LogP contribution in [0.4, 0.5) is 0 Å². The Labute approximate surface area is 174 Å². The average molecular weight is 397 g/mol. The van der Waals surface area contributed by atoms with Gasteiger partial charge in [0.1, 0.15) is 0 Å². The Bertz CT molecular complexity index is 492. The molecule has 0 aromatic heterocycles. The summed E-state index contributed by atoms with van der Waals surface area (Å²) < 4.78 is 0. The lowest BCUT2D eigenvalue weighted by Crippen LogP contribution is -2.33. The van der Waals surface area contributed by atoms with Crippen molar-refractivity contribution >= 4 is 0 Å². The summed E-state index contributed by atoms with van der Waals surface area (Å²) in [6.07, 6.45) is 3.69. The van der Waals surface area contributed by atoms with E-state index in [1.165, 1.54) is 0 Å². The molecule has 0 aliphatic heterocycles. The van der Waals surface area contributed by atoms with Crippen molar-refractivity contribution in [1.82, 2.24) is 0 Å². The third-order valence-corrected chi connectivity index (χ3v) is 3.80. The van der Waals surface area contributed by atoms with E-state index < -0.39 is 11.2 Å². The van der Waals surface area contributed by atoms with Gasteiger partial charge in [-0.2, -0.15) is 0 Å². The van der Waals surface area contributed by atoms with Crippen molar-refractivity contribution in [2.75, 3.05) is 0 Å². The maximum absolute atomic E-state index is 5.48. The Kier molecular flexibility index (Phi) is 13.8. The van der Waals surface area contributed by atoms with Crippen molar-refractivity contribution in [2.24, 2.45) is 0 Å². The number of hydrogen-bond donors (Lipinski definition) is 0. The molecule has 4 heteroatoms. The van der Waals surface area contributed by atoms with E-state index in [1.54, 1.807) is 0 Å². The van der Waals surface area contributed by atoms with Crippen LogP contribution in [0.25, 0.3) is 0 Å². The van der Waals surface area contributed by atoms with E-state index in [4.69, 9.17) is 19.6 Å². The van der Waals surface area contributed by atoms with Crippen LogP contribution >= 0.6 is 0 Å². The molecular formula is C24H44O4. The maximum Gasteiger partial charge on any atom is 0.158 e. The van der Waals surface area contributed by atoms with Crippen LogP contribution in [0.2, 0.25) is 0 Å². The summed E-state index contributed by atoms with van der Waals surface area (Å²) in [5, 5.41) is 0. The van der Waals surface area contributed by atoms with E-state index in [0.717, 1.165) is 25.7 Å². The minimum atomic E-state index is -0.729. The quantitative estimate of drug-likeness (QED) is 0.262. The van der Waals surface area contributed by atoms with Crippen molar-refractivity contribution in [3.8, 4) is 23.7 Å². The second kappa shape index (κ2) is 13.2. The molecule has 0 aromatic rings. The van der Waals surface area contributed by atoms with Gasteiger partial charge < -0.3 is 0 Å². The van der Waals surface area contributed by atoms with E-state index >= 15 is 0 Å². The first-order valence-corrected chi connectivity index (χ1v) is 10.4. The molecule has 0 bridgehead atoms. The molecule has 0 spiro atoms. The summed E-state index contributed by atoms with van der Waals surface area (Å²) in [5.41, 5.74) is -2.13. The summed E-state index contributed by atoms with van der Waals surface area (Å²) in [7, 11) is 0. The molecule has 0 N–H and O–H groups in total. The lowest BCUT2D eigenvalue weighted by atomic mass is 10.1. The van der Waals surface area contributed by atoms with Gasteiger partial charge in [-0.3, -0.25) is 0 Å². The van der Waals surface area contributed by atoms with Gasteiger partial charge in [0.2, 0.25) is 0 Å². The molecule has 164 valence electrons. The van der Waals surface area contributed by atoms with Crippen LogP contribution in [-0.4, -0.2) is 22.4 Å². The van der Waals surface area contributed by atoms with Gasteiger partial charge in [-0.1, -0.05) is 39.5 Å². The summed E-state index contributed by atoms with van der Waals surface area (Å²) in [4.78, 5) is 21.9. The molecule has 0 rings (SSSR count). The van der Waals surface area contributed by atoms with Gasteiger partial charge in [0, 0.05) is 12.8 Å². The van der Waals surface area contributed by atoms with Crippen LogP contribution in [0.5, 0.6) is 0 Å². The summed E-state index contributed by atoms with van der Waals surface area (Å²) in [6.45, 7) is 23.6. The van der Waals surface area contributed by atoms with Gasteiger partial charge in [-0.25, -0.2) is 19.6 Å². The SMILES string of the molecule is CCC#CCC.CCC(C)(C)OOC(C)(C)C#CC(C)(C)OOC(C)(C)CC. The van der Waals surface area contributed by atoms with Crippen molar-refractivity contribution in [2.45, 2.75) is 131 Å². The van der Waals surface area contributed by atoms with Crippen LogP contribution in [0.3, 0.4) is 0 Å². The lowest BCUT2D eigenvalue weighted by molar-refractivity contribution is -0.391. The van der Waals surface area contributed by atoms with Gasteiger partial charge in [0.15, 0.2) is 11.2 Å². The Hall–Kier alpha value is -1.04. The van der Waals surface area contributed by atoms with Crippen LogP contribution in [0, 0.1) is 23.7 Å². The van der Waals surface area contributed by atoms with Crippen molar-refractivity contribution in [1.29, 1.82) is 0 Å². The average Bonchev–Trinajstić information content (AvgIpc) is 2.63. The van der Waals surface area contributed by atoms with Gasteiger partial charge in [0.05, 0.1) is 11.2 Å². The summed E-state index contributed by atoms with van der Waals surface area (Å²) in [6, 6.07) is 0. The van der Waals surface area contributed by atoms with Crippen LogP contribution < -0.4 is 0 Å². The Balaban J connectivity index is 0. The van der Waals surface area contributed by atoms with Crippen LogP contribution in [0.1, 0.15) is 109 Å². The molecule has 28 heavy (non-hydrogen) atoms. The molecule has 0 aliphatic carbocycles. The van der Waals surface area contributed by atoms with E-state index in [9.17, 15) is 0 Å². The van der Waals surface area contributed by atoms with Gasteiger partial charge in [0.25, 0.3) is 0 Å². The van der Waals surface area contributed by atoms with E-state index in [1.807, 2.05) is 69.2 Å². The fourth-order valence-corrected chi connectivity index (χ4v) is 1.14. The highest BCUT2D eigenvalue weighted by atomic mass is 17.2. The van der Waals surface area contributed by atoms with Crippen LogP contribution in [0.15, 0.2) is 0 Å². The van der Waals surface area contributed by atoms with Crippen LogP contribution in [-0.2, 0) is 19.6 Å². The maximum atomic E-state index is 5.48. The first-order chi connectivity index (χ1) is 12.7. The lowest BCUT2D eigenvalue weighted by Gasteiger charge is -2.28. The summed E-state index contributed by atoms with van der Waals surface area (Å²) >= 11 is 0. The zero-order chi connectivity index (χ0) is 22.5. The van der Waals surface area contributed by atoms with Gasteiger partial charge >= 0.3 is 0 Å². The zero-order valence-electron chi connectivity index (χ0n) is 20.5. The van der Waals surface area contributed by atoms with E-state index in [2.05, 4.69) is 37.5 Å². The molecule has 0 saturated heterocycles. The van der Waals surface area contributed by atoms with Gasteiger partial charge in [-0.05, 0) is 68.2 Å². The fourth-order valence-electron chi connectivity index (χ4n) is 1.14. The molecule has 0 aliphatic rings. The highest BCUT2D eigenvalue weighted by Crippen LogP contribution is 2.21. The minimum absolute atomic E-state index is 0.334. The first kappa shape index (κ1) is 29.2. The zero-order valence-corrected chi connectivity index (χ0v) is 20.5. The topological polar surface area (TPSA) is 36.9 Å². The fraction of sp³-hybridized carbons (Fsp3) is 0.833. The standard InChI is InChI=1S/C18H34O4.C6H10/c1-11-15(3,4)19-21-17(7,8)13-14-18(9,10)22-20-16(5,6)12-2;1-3-5-6-4-2/h11-12H2,1-10H3;3-4H2,1-2H3. The Morgan fingerprint density at radius 3 is 1.00 bits per heavy atom. The monoisotopic (exact) mass is 396 g/mol. The van der Waals surface area contributed by atoms with Crippen molar-refractivity contribution < 1.29 is 19.6 Å². The molecule has 0 radical (unpaired) electrons. The molecule has 4 nitrogen and oxygen atoms in total. The Morgan fingerprint density at radius 2 is 0.786 bits per heavy atom. The summed E-state index contributed by atoms with van der Waals surface area (Å²) in [5.74, 6) is 12.0. The van der Waals surface area contributed by atoms with Gasteiger partial charge in [-0.15, -0.1) is 11.8 Å². The third-order valence-electron chi connectivity index (χ3n) is 3.80. The molecule has 0 unspecified atom stereocenters. The normalized spacial score (nSPS) is 12.1. The molecule has 0 amide bonds. The third kappa shape index (κ3) is 17.1. The van der Waals surface area contributed by atoms with Crippen molar-refractivity contribution in [3.05, 3.63) is 0 Å². The molecule has 0 heterocycles. The van der Waals surface area contributed by atoms with E-state index in [-0.39, 0.29) is 11.2 Å². The molecule has 0 saturated carbocycles. The molecular weight excluding hydrogens is 352 g/mol. The largest absolute Gasteiger partial charge is 0.229 e. The minimum Gasteiger partial charge on any atom is -0.229 e. The predicted octanol–water partition coefficient (Wildman–Crippen LogP) is 6.63. The smallest absolute Gasteiger partial charge is 0.158 e. The highest BCUT2D eigenvalue weighted by molar-refractivity contribution is 5.17. The highest BCUT2D eigenvalue weighted by Gasteiger charge is 2.27. The number of rotatable bonds is 8. The molecule has 0 fully saturated rings. The second-order valence-corrected chi connectivity index (χ2v) is 8.89.